The van der Waals surface area contributed by atoms with Gasteiger partial charge in [-0.25, -0.2) is 0 Å². The highest BCUT2D eigenvalue weighted by Crippen LogP contribution is 2.36. The molecule has 5 heteroatoms. The van der Waals surface area contributed by atoms with E-state index in [4.69, 9.17) is 5.73 Å². The predicted octanol–water partition coefficient (Wildman–Crippen LogP) is 2.26. The Hall–Kier alpha value is -0.320. The Morgan fingerprint density at radius 2 is 1.86 bits per heavy atom. The molecule has 3 aliphatic rings. The summed E-state index contributed by atoms with van der Waals surface area (Å²) in [6, 6.07) is 0.937. The second kappa shape index (κ2) is 7.98. The first-order chi connectivity index (χ1) is 10.2. The lowest BCUT2D eigenvalue weighted by atomic mass is 9.78. The van der Waals surface area contributed by atoms with Crippen molar-refractivity contribution in [2.75, 3.05) is 26.7 Å². The number of nitrogens with two attached hydrogens (primary N) is 1. The maximum atomic E-state index is 12.8. The summed E-state index contributed by atoms with van der Waals surface area (Å²) in [7, 11) is 2.08. The number of hydrogen-bond donors (Lipinski definition) is 1. The van der Waals surface area contributed by atoms with E-state index in [0.29, 0.717) is 31.1 Å². The monoisotopic (exact) mass is 329 g/mol. The fourth-order valence-electron chi connectivity index (χ4n) is 4.57. The molecule has 1 heterocycles. The molecule has 22 heavy (non-hydrogen) atoms. The van der Waals surface area contributed by atoms with Gasteiger partial charge in [-0.05, 0) is 57.4 Å². The zero-order valence-electron chi connectivity index (χ0n) is 13.9. The molecule has 2 saturated carbocycles. The average molecular weight is 330 g/mol. The first kappa shape index (κ1) is 18.0. The molecule has 3 atom stereocenters. The zero-order valence-corrected chi connectivity index (χ0v) is 14.7. The lowest BCUT2D eigenvalue weighted by Gasteiger charge is -2.44. The van der Waals surface area contributed by atoms with E-state index in [9.17, 15) is 4.79 Å². The van der Waals surface area contributed by atoms with Crippen LogP contribution in [0.5, 0.6) is 0 Å². The van der Waals surface area contributed by atoms with Crippen molar-refractivity contribution in [3.8, 4) is 0 Å². The van der Waals surface area contributed by atoms with Gasteiger partial charge in [-0.2, -0.15) is 0 Å². The van der Waals surface area contributed by atoms with E-state index < -0.39 is 0 Å². The largest absolute Gasteiger partial charge is 0.338 e. The highest BCUT2D eigenvalue weighted by Gasteiger charge is 2.37. The Morgan fingerprint density at radius 1 is 1.18 bits per heavy atom. The molecule has 0 aromatic heterocycles. The highest BCUT2D eigenvalue weighted by atomic mass is 35.5. The second-order valence-corrected chi connectivity index (χ2v) is 7.40. The molecule has 0 bridgehead atoms. The summed E-state index contributed by atoms with van der Waals surface area (Å²) in [4.78, 5) is 17.2. The summed E-state index contributed by atoms with van der Waals surface area (Å²) < 4.78 is 0. The quantitative estimate of drug-likeness (QED) is 0.841. The summed E-state index contributed by atoms with van der Waals surface area (Å²) in [6.07, 6.45) is 10.3. The standard InChI is InChI=1S/C17H31N3O.ClH/c1-19(16(11-18)14-8-9-14)12-17(21)20-10-4-6-13-5-2-3-7-15(13)20;/h13-16H,2-12,18H2,1H3;1H. The van der Waals surface area contributed by atoms with Gasteiger partial charge in [-0.1, -0.05) is 12.8 Å². The molecular weight excluding hydrogens is 298 g/mol. The number of fused-ring (bicyclic) bond motifs is 1. The minimum atomic E-state index is 0. The molecule has 1 amide bonds. The molecule has 0 spiro atoms. The van der Waals surface area contributed by atoms with Crippen molar-refractivity contribution in [2.24, 2.45) is 17.6 Å². The lowest BCUT2D eigenvalue weighted by Crippen LogP contribution is -2.53. The Bertz CT molecular complexity index is 373. The van der Waals surface area contributed by atoms with Crippen LogP contribution in [-0.2, 0) is 4.79 Å². The van der Waals surface area contributed by atoms with E-state index in [1.54, 1.807) is 0 Å². The second-order valence-electron chi connectivity index (χ2n) is 7.40. The average Bonchev–Trinajstić information content (AvgIpc) is 3.32. The van der Waals surface area contributed by atoms with Gasteiger partial charge in [-0.3, -0.25) is 9.69 Å². The van der Waals surface area contributed by atoms with Gasteiger partial charge >= 0.3 is 0 Å². The van der Waals surface area contributed by atoms with E-state index in [1.165, 1.54) is 51.4 Å². The van der Waals surface area contributed by atoms with Crippen LogP contribution in [-0.4, -0.2) is 54.5 Å². The summed E-state index contributed by atoms with van der Waals surface area (Å²) in [6.45, 7) is 2.21. The van der Waals surface area contributed by atoms with Crippen LogP contribution in [0.2, 0.25) is 0 Å². The van der Waals surface area contributed by atoms with Crippen molar-refractivity contribution in [3.63, 3.8) is 0 Å². The first-order valence-electron chi connectivity index (χ1n) is 8.90. The molecule has 2 N–H and O–H groups in total. The van der Waals surface area contributed by atoms with Crippen LogP contribution < -0.4 is 5.73 Å². The van der Waals surface area contributed by atoms with E-state index in [1.807, 2.05) is 0 Å². The third-order valence-electron chi connectivity index (χ3n) is 5.92. The predicted molar refractivity (Wildman–Crippen MR) is 92.1 cm³/mol. The molecule has 0 aromatic carbocycles. The Morgan fingerprint density at radius 3 is 2.55 bits per heavy atom. The number of hydrogen-bond acceptors (Lipinski definition) is 3. The molecule has 3 rings (SSSR count). The summed E-state index contributed by atoms with van der Waals surface area (Å²) in [5.74, 6) is 1.85. The fraction of sp³-hybridized carbons (Fsp3) is 0.941. The SMILES string of the molecule is CN(CC(=O)N1CCCC2CCCCC21)C(CN)C1CC1.Cl. The number of carbonyl (C=O) groups is 1. The van der Waals surface area contributed by atoms with Gasteiger partial charge in [0.15, 0.2) is 0 Å². The number of halogens is 1. The van der Waals surface area contributed by atoms with Crippen molar-refractivity contribution in [1.29, 1.82) is 0 Å². The Kier molecular flexibility index (Phi) is 6.54. The molecule has 1 saturated heterocycles. The molecule has 0 aromatic rings. The number of likely N-dealkylation sites (tertiary alicyclic amines) is 1. The van der Waals surface area contributed by atoms with Crippen LogP contribution in [0.25, 0.3) is 0 Å². The van der Waals surface area contributed by atoms with Gasteiger partial charge < -0.3 is 10.6 Å². The number of rotatable bonds is 5. The summed E-state index contributed by atoms with van der Waals surface area (Å²) in [5, 5.41) is 0. The van der Waals surface area contributed by atoms with Gasteiger partial charge in [0, 0.05) is 25.2 Å². The Balaban J connectivity index is 0.00000176. The van der Waals surface area contributed by atoms with Gasteiger partial charge in [0.05, 0.1) is 6.54 Å². The van der Waals surface area contributed by atoms with Crippen LogP contribution >= 0.6 is 12.4 Å². The zero-order chi connectivity index (χ0) is 14.8. The minimum absolute atomic E-state index is 0. The molecule has 128 valence electrons. The number of carbonyl (C=O) groups excluding carboxylic acids is 1. The van der Waals surface area contributed by atoms with Crippen molar-refractivity contribution < 1.29 is 4.79 Å². The number of amides is 1. The van der Waals surface area contributed by atoms with Crippen LogP contribution in [0.4, 0.5) is 0 Å². The van der Waals surface area contributed by atoms with Crippen molar-refractivity contribution in [2.45, 2.75) is 63.5 Å². The number of nitrogens with zero attached hydrogens (tertiary/aromatic N) is 2. The topological polar surface area (TPSA) is 49.6 Å². The molecule has 0 radical (unpaired) electrons. The molecule has 3 unspecified atom stereocenters. The molecule has 3 fully saturated rings. The van der Waals surface area contributed by atoms with Crippen LogP contribution in [0.3, 0.4) is 0 Å². The van der Waals surface area contributed by atoms with E-state index in [0.717, 1.165) is 18.4 Å². The lowest BCUT2D eigenvalue weighted by molar-refractivity contribution is -0.139. The summed E-state index contributed by atoms with van der Waals surface area (Å²) >= 11 is 0. The minimum Gasteiger partial charge on any atom is -0.338 e. The number of likely N-dealkylation sites (N-methyl/N-ethyl adjacent to an activating group) is 1. The molecule has 1 aliphatic heterocycles. The van der Waals surface area contributed by atoms with E-state index >= 15 is 0 Å². The van der Waals surface area contributed by atoms with Crippen molar-refractivity contribution in [1.82, 2.24) is 9.80 Å². The normalized spacial score (nSPS) is 29.7. The molecule has 4 nitrogen and oxygen atoms in total. The van der Waals surface area contributed by atoms with Gasteiger partial charge in [-0.15, -0.1) is 12.4 Å². The maximum absolute atomic E-state index is 12.8. The highest BCUT2D eigenvalue weighted by molar-refractivity contribution is 5.85. The smallest absolute Gasteiger partial charge is 0.237 e. The van der Waals surface area contributed by atoms with Crippen molar-refractivity contribution in [3.05, 3.63) is 0 Å². The third kappa shape index (κ3) is 3.95. The molecular formula is C17H32ClN3O. The van der Waals surface area contributed by atoms with Gasteiger partial charge in [0.1, 0.15) is 0 Å². The first-order valence-corrected chi connectivity index (χ1v) is 8.90. The van der Waals surface area contributed by atoms with E-state index in [2.05, 4.69) is 16.8 Å². The maximum Gasteiger partial charge on any atom is 0.237 e. The third-order valence-corrected chi connectivity index (χ3v) is 5.92. The van der Waals surface area contributed by atoms with Crippen LogP contribution in [0.15, 0.2) is 0 Å². The fourth-order valence-corrected chi connectivity index (χ4v) is 4.57. The van der Waals surface area contributed by atoms with Gasteiger partial charge in [0.25, 0.3) is 0 Å². The molecule has 2 aliphatic carbocycles. The van der Waals surface area contributed by atoms with Crippen LogP contribution in [0, 0.1) is 11.8 Å². The van der Waals surface area contributed by atoms with Crippen LogP contribution in [0.1, 0.15) is 51.4 Å². The van der Waals surface area contributed by atoms with E-state index in [-0.39, 0.29) is 12.4 Å². The summed E-state index contributed by atoms with van der Waals surface area (Å²) in [5.41, 5.74) is 5.91. The number of piperidine rings is 1. The van der Waals surface area contributed by atoms with Gasteiger partial charge in [0.2, 0.25) is 5.91 Å². The Labute approximate surface area is 141 Å². The van der Waals surface area contributed by atoms with Crippen molar-refractivity contribution >= 4 is 18.3 Å².